The maximum Gasteiger partial charge on any atom is 0.220 e. The van der Waals surface area contributed by atoms with Crippen LogP contribution in [-0.4, -0.2) is 23.2 Å². The van der Waals surface area contributed by atoms with Gasteiger partial charge in [-0.25, -0.2) is 0 Å². The van der Waals surface area contributed by atoms with Crippen molar-refractivity contribution in [3.05, 3.63) is 11.8 Å². The van der Waals surface area contributed by atoms with Gasteiger partial charge in [-0.05, 0) is 5.92 Å². The summed E-state index contributed by atoms with van der Waals surface area (Å²) < 4.78 is 5.61. The minimum Gasteiger partial charge on any atom is -0.425 e. The molecule has 1 amide bonds. The smallest absolute Gasteiger partial charge is 0.220 e. The molecule has 1 N–H and O–H groups in total. The average Bonchev–Trinajstić information content (AvgIpc) is 2.74. The molecule has 0 spiro atoms. The number of aromatic nitrogens is 2. The number of carbonyl (C=O) groups is 1. The second-order valence-corrected chi connectivity index (χ2v) is 4.86. The summed E-state index contributed by atoms with van der Waals surface area (Å²) in [6.07, 6.45) is 0.383. The van der Waals surface area contributed by atoms with E-state index >= 15 is 0 Å². The minimum atomic E-state index is -0.0186. The molecule has 0 radical (unpaired) electrons. The molecule has 0 saturated carbocycles. The summed E-state index contributed by atoms with van der Waals surface area (Å²) in [5.74, 6) is 1.66. The first kappa shape index (κ1) is 13.7. The zero-order valence-electron chi connectivity index (χ0n) is 11.2. The van der Waals surface area contributed by atoms with Gasteiger partial charge >= 0.3 is 0 Å². The number of nitrogens with one attached hydrogen (secondary N) is 1. The molecule has 5 heteroatoms. The van der Waals surface area contributed by atoms with Crippen LogP contribution in [0.5, 0.6) is 0 Å². The van der Waals surface area contributed by atoms with Crippen LogP contribution in [-0.2, 0) is 4.79 Å². The summed E-state index contributed by atoms with van der Waals surface area (Å²) >= 11 is 0. The Kier molecular flexibility index (Phi) is 4.66. The van der Waals surface area contributed by atoms with E-state index in [0.717, 1.165) is 0 Å². The van der Waals surface area contributed by atoms with Crippen LogP contribution in [0.25, 0.3) is 0 Å². The van der Waals surface area contributed by atoms with Gasteiger partial charge in [0.2, 0.25) is 17.7 Å². The van der Waals surface area contributed by atoms with E-state index in [1.807, 2.05) is 27.7 Å². The van der Waals surface area contributed by atoms with Crippen molar-refractivity contribution in [3.63, 3.8) is 0 Å². The van der Waals surface area contributed by atoms with E-state index < -0.39 is 0 Å². The first-order valence-corrected chi connectivity index (χ1v) is 5.99. The highest BCUT2D eigenvalue weighted by atomic mass is 16.4. The third kappa shape index (κ3) is 3.54. The Morgan fingerprint density at radius 1 is 1.24 bits per heavy atom. The SMILES string of the molecule is CNC(=O)CC(c1nnc(C(C)C)o1)C(C)C. The Balaban J connectivity index is 2.86. The molecular formula is C12H21N3O2. The van der Waals surface area contributed by atoms with Gasteiger partial charge in [0, 0.05) is 25.3 Å². The van der Waals surface area contributed by atoms with Gasteiger partial charge < -0.3 is 9.73 Å². The molecule has 96 valence electrons. The summed E-state index contributed by atoms with van der Waals surface area (Å²) in [4.78, 5) is 11.4. The maximum atomic E-state index is 11.4. The van der Waals surface area contributed by atoms with Gasteiger partial charge in [-0.2, -0.15) is 0 Å². The third-order valence-corrected chi connectivity index (χ3v) is 2.76. The Bertz CT molecular complexity index is 372. The summed E-state index contributed by atoms with van der Waals surface area (Å²) in [5, 5.41) is 10.7. The molecule has 17 heavy (non-hydrogen) atoms. The van der Waals surface area contributed by atoms with Crippen molar-refractivity contribution in [2.24, 2.45) is 5.92 Å². The topological polar surface area (TPSA) is 68.0 Å². The van der Waals surface area contributed by atoms with Gasteiger partial charge in [0.25, 0.3) is 0 Å². The van der Waals surface area contributed by atoms with Crippen molar-refractivity contribution < 1.29 is 9.21 Å². The molecule has 1 rings (SSSR count). The van der Waals surface area contributed by atoms with Crippen LogP contribution in [0.15, 0.2) is 4.42 Å². The van der Waals surface area contributed by atoms with Crippen LogP contribution in [0.4, 0.5) is 0 Å². The summed E-state index contributed by atoms with van der Waals surface area (Å²) in [5.41, 5.74) is 0. The fourth-order valence-corrected chi connectivity index (χ4v) is 1.54. The highest BCUT2D eigenvalue weighted by Gasteiger charge is 2.25. The van der Waals surface area contributed by atoms with Crippen molar-refractivity contribution in [1.82, 2.24) is 15.5 Å². The normalized spacial score (nSPS) is 13.1. The van der Waals surface area contributed by atoms with Crippen molar-refractivity contribution in [2.45, 2.75) is 46.0 Å². The molecular weight excluding hydrogens is 218 g/mol. The van der Waals surface area contributed by atoms with E-state index in [4.69, 9.17) is 4.42 Å². The number of carbonyl (C=O) groups excluding carboxylic acids is 1. The van der Waals surface area contributed by atoms with Crippen LogP contribution in [0.1, 0.15) is 57.7 Å². The highest BCUT2D eigenvalue weighted by molar-refractivity contribution is 5.76. The molecule has 1 unspecified atom stereocenters. The Labute approximate surface area is 102 Å². The molecule has 0 aliphatic rings. The second kappa shape index (κ2) is 5.80. The Morgan fingerprint density at radius 2 is 1.82 bits per heavy atom. The van der Waals surface area contributed by atoms with E-state index in [-0.39, 0.29) is 23.7 Å². The quantitative estimate of drug-likeness (QED) is 0.854. The second-order valence-electron chi connectivity index (χ2n) is 4.86. The molecule has 1 heterocycles. The van der Waals surface area contributed by atoms with E-state index in [2.05, 4.69) is 15.5 Å². The lowest BCUT2D eigenvalue weighted by Crippen LogP contribution is -2.22. The van der Waals surface area contributed by atoms with Crippen molar-refractivity contribution in [3.8, 4) is 0 Å². The zero-order chi connectivity index (χ0) is 13.0. The van der Waals surface area contributed by atoms with Gasteiger partial charge in [-0.1, -0.05) is 27.7 Å². The van der Waals surface area contributed by atoms with E-state index in [1.54, 1.807) is 7.05 Å². The summed E-state index contributed by atoms with van der Waals surface area (Å²) in [6.45, 7) is 8.10. The van der Waals surface area contributed by atoms with Crippen LogP contribution >= 0.6 is 0 Å². The number of rotatable bonds is 5. The van der Waals surface area contributed by atoms with Crippen LogP contribution in [0.3, 0.4) is 0 Å². The lowest BCUT2D eigenvalue weighted by atomic mass is 9.92. The minimum absolute atomic E-state index is 0.00648. The van der Waals surface area contributed by atoms with Crippen LogP contribution in [0, 0.1) is 5.92 Å². The van der Waals surface area contributed by atoms with Gasteiger partial charge in [0.1, 0.15) is 0 Å². The lowest BCUT2D eigenvalue weighted by molar-refractivity contribution is -0.121. The monoisotopic (exact) mass is 239 g/mol. The number of amides is 1. The molecule has 1 aromatic rings. The summed E-state index contributed by atoms with van der Waals surface area (Å²) in [6, 6.07) is 0. The molecule has 0 aromatic carbocycles. The fourth-order valence-electron chi connectivity index (χ4n) is 1.54. The molecule has 0 fully saturated rings. The molecule has 0 aliphatic heterocycles. The predicted molar refractivity (Wildman–Crippen MR) is 64.6 cm³/mol. The summed E-state index contributed by atoms with van der Waals surface area (Å²) in [7, 11) is 1.63. The van der Waals surface area contributed by atoms with E-state index in [1.165, 1.54) is 0 Å². The fraction of sp³-hybridized carbons (Fsp3) is 0.750. The van der Waals surface area contributed by atoms with Crippen LogP contribution < -0.4 is 5.32 Å². The van der Waals surface area contributed by atoms with Crippen molar-refractivity contribution in [2.75, 3.05) is 7.05 Å². The standard InChI is InChI=1S/C12H21N3O2/c1-7(2)9(6-10(16)13-5)12-15-14-11(17-12)8(3)4/h7-9H,6H2,1-5H3,(H,13,16). The number of hydrogen-bond donors (Lipinski definition) is 1. The maximum absolute atomic E-state index is 11.4. The number of nitrogens with zero attached hydrogens (tertiary/aromatic N) is 2. The molecule has 5 nitrogen and oxygen atoms in total. The Hall–Kier alpha value is -1.39. The van der Waals surface area contributed by atoms with E-state index in [9.17, 15) is 4.79 Å². The average molecular weight is 239 g/mol. The lowest BCUT2D eigenvalue weighted by Gasteiger charge is -2.15. The predicted octanol–water partition coefficient (Wildman–Crippen LogP) is 2.07. The molecule has 0 aliphatic carbocycles. The van der Waals surface area contributed by atoms with Gasteiger partial charge in [-0.3, -0.25) is 4.79 Å². The molecule has 0 saturated heterocycles. The largest absolute Gasteiger partial charge is 0.425 e. The molecule has 1 aromatic heterocycles. The van der Waals surface area contributed by atoms with Crippen molar-refractivity contribution >= 4 is 5.91 Å². The van der Waals surface area contributed by atoms with Gasteiger partial charge in [0.05, 0.1) is 0 Å². The first-order chi connectivity index (χ1) is 7.95. The molecule has 1 atom stereocenters. The van der Waals surface area contributed by atoms with Crippen molar-refractivity contribution in [1.29, 1.82) is 0 Å². The van der Waals surface area contributed by atoms with Gasteiger partial charge in [-0.15, -0.1) is 10.2 Å². The Morgan fingerprint density at radius 3 is 2.24 bits per heavy atom. The van der Waals surface area contributed by atoms with E-state index in [0.29, 0.717) is 18.2 Å². The molecule has 0 bridgehead atoms. The highest BCUT2D eigenvalue weighted by Crippen LogP contribution is 2.28. The van der Waals surface area contributed by atoms with Gasteiger partial charge in [0.15, 0.2) is 0 Å². The third-order valence-electron chi connectivity index (χ3n) is 2.76. The number of hydrogen-bond acceptors (Lipinski definition) is 4. The zero-order valence-corrected chi connectivity index (χ0v) is 11.2. The van der Waals surface area contributed by atoms with Crippen LogP contribution in [0.2, 0.25) is 0 Å². The first-order valence-electron chi connectivity index (χ1n) is 5.99.